The van der Waals surface area contributed by atoms with E-state index in [1.54, 1.807) is 0 Å². The highest BCUT2D eigenvalue weighted by Crippen LogP contribution is 2.05. The minimum atomic E-state index is -0.453. The maximum absolute atomic E-state index is 11.3. The van der Waals surface area contributed by atoms with Crippen LogP contribution in [0.5, 0.6) is 0 Å². The number of hydrogen-bond acceptors (Lipinski definition) is 7. The van der Waals surface area contributed by atoms with Crippen LogP contribution in [-0.4, -0.2) is 54.1 Å². The standard InChI is InChI=1S/C11H14ClN3O4/c1-18-10(16)6-15(7-11(17)19-2)5-8-3-14-9(12)4-13-8/h3-4H,5-7H2,1-2H3. The molecule has 19 heavy (non-hydrogen) atoms. The molecule has 7 nitrogen and oxygen atoms in total. The van der Waals surface area contributed by atoms with Gasteiger partial charge in [0.1, 0.15) is 5.15 Å². The predicted molar refractivity (Wildman–Crippen MR) is 66.4 cm³/mol. The minimum Gasteiger partial charge on any atom is -0.468 e. The molecular formula is C11H14ClN3O4. The molecule has 0 bridgehead atoms. The Hall–Kier alpha value is -1.73. The highest BCUT2D eigenvalue weighted by atomic mass is 35.5. The van der Waals surface area contributed by atoms with Crippen LogP contribution in [0.3, 0.4) is 0 Å². The lowest BCUT2D eigenvalue weighted by atomic mass is 10.3. The van der Waals surface area contributed by atoms with Crippen LogP contribution in [0.15, 0.2) is 12.4 Å². The number of esters is 2. The molecule has 0 N–H and O–H groups in total. The highest BCUT2D eigenvalue weighted by molar-refractivity contribution is 6.29. The molecule has 1 aromatic rings. The number of methoxy groups -OCH3 is 2. The summed E-state index contributed by atoms with van der Waals surface area (Å²) in [5.41, 5.74) is 0.581. The SMILES string of the molecule is COC(=O)CN(CC(=O)OC)Cc1cnc(Cl)cn1. The second-order valence-electron chi connectivity index (χ2n) is 3.63. The summed E-state index contributed by atoms with van der Waals surface area (Å²) in [5, 5.41) is 0.274. The lowest BCUT2D eigenvalue weighted by Crippen LogP contribution is -2.35. The molecule has 1 aromatic heterocycles. The van der Waals surface area contributed by atoms with E-state index in [2.05, 4.69) is 19.4 Å². The van der Waals surface area contributed by atoms with Gasteiger partial charge >= 0.3 is 11.9 Å². The van der Waals surface area contributed by atoms with Gasteiger partial charge in [0.25, 0.3) is 0 Å². The van der Waals surface area contributed by atoms with Crippen molar-refractivity contribution in [3.63, 3.8) is 0 Å². The quantitative estimate of drug-likeness (QED) is 0.695. The fraction of sp³-hybridized carbons (Fsp3) is 0.455. The normalized spacial score (nSPS) is 10.3. The molecule has 0 aliphatic carbocycles. The second kappa shape index (κ2) is 7.65. The van der Waals surface area contributed by atoms with Gasteiger partial charge in [0.2, 0.25) is 0 Å². The van der Waals surface area contributed by atoms with Crippen molar-refractivity contribution >= 4 is 23.5 Å². The summed E-state index contributed by atoms with van der Waals surface area (Å²) in [6.45, 7) is 0.167. The van der Waals surface area contributed by atoms with Gasteiger partial charge < -0.3 is 9.47 Å². The second-order valence-corrected chi connectivity index (χ2v) is 4.02. The van der Waals surface area contributed by atoms with Crippen LogP contribution in [-0.2, 0) is 25.6 Å². The van der Waals surface area contributed by atoms with Crippen LogP contribution in [0.1, 0.15) is 5.69 Å². The van der Waals surface area contributed by atoms with Crippen LogP contribution in [0.4, 0.5) is 0 Å². The first-order valence-corrected chi connectivity index (χ1v) is 5.75. The third-order valence-electron chi connectivity index (χ3n) is 2.22. The van der Waals surface area contributed by atoms with Gasteiger partial charge in [-0.15, -0.1) is 0 Å². The number of hydrogen-bond donors (Lipinski definition) is 0. The van der Waals surface area contributed by atoms with E-state index in [1.165, 1.54) is 31.5 Å². The molecule has 0 aliphatic rings. The van der Waals surface area contributed by atoms with Crippen molar-refractivity contribution < 1.29 is 19.1 Å². The molecule has 0 saturated heterocycles. The molecule has 0 spiro atoms. The van der Waals surface area contributed by atoms with E-state index in [0.717, 1.165) is 0 Å². The molecule has 0 amide bonds. The van der Waals surface area contributed by atoms with E-state index in [4.69, 9.17) is 11.6 Å². The first-order chi connectivity index (χ1) is 9.05. The fourth-order valence-corrected chi connectivity index (χ4v) is 1.41. The largest absolute Gasteiger partial charge is 0.468 e. The van der Waals surface area contributed by atoms with Gasteiger partial charge in [0.15, 0.2) is 0 Å². The van der Waals surface area contributed by atoms with Crippen LogP contribution in [0, 0.1) is 0 Å². The highest BCUT2D eigenvalue weighted by Gasteiger charge is 2.16. The molecule has 1 rings (SSSR count). The monoisotopic (exact) mass is 287 g/mol. The van der Waals surface area contributed by atoms with E-state index in [9.17, 15) is 9.59 Å². The Morgan fingerprint density at radius 2 is 1.74 bits per heavy atom. The van der Waals surface area contributed by atoms with Gasteiger partial charge in [0, 0.05) is 6.54 Å². The third kappa shape index (κ3) is 5.62. The van der Waals surface area contributed by atoms with Gasteiger partial charge in [-0.3, -0.25) is 19.5 Å². The number of ether oxygens (including phenoxy) is 2. The van der Waals surface area contributed by atoms with Crippen molar-refractivity contribution in [2.24, 2.45) is 0 Å². The molecule has 1 heterocycles. The maximum atomic E-state index is 11.3. The van der Waals surface area contributed by atoms with Crippen molar-refractivity contribution in [2.75, 3.05) is 27.3 Å². The van der Waals surface area contributed by atoms with Gasteiger partial charge in [0.05, 0.1) is 45.4 Å². The summed E-state index contributed by atoms with van der Waals surface area (Å²) in [6.07, 6.45) is 2.87. The maximum Gasteiger partial charge on any atom is 0.319 e. The van der Waals surface area contributed by atoms with E-state index in [1.807, 2.05) is 0 Å². The van der Waals surface area contributed by atoms with E-state index in [-0.39, 0.29) is 24.8 Å². The number of nitrogens with zero attached hydrogens (tertiary/aromatic N) is 3. The molecule has 0 saturated carbocycles. The number of carbonyl (C=O) groups excluding carboxylic acids is 2. The molecule has 0 aliphatic heterocycles. The van der Waals surface area contributed by atoms with Gasteiger partial charge in [-0.05, 0) is 0 Å². The topological polar surface area (TPSA) is 81.6 Å². The van der Waals surface area contributed by atoms with Crippen LogP contribution in [0.25, 0.3) is 0 Å². The fourth-order valence-electron chi connectivity index (χ4n) is 1.31. The molecule has 8 heteroatoms. The van der Waals surface area contributed by atoms with Crippen molar-refractivity contribution in [1.82, 2.24) is 14.9 Å². The van der Waals surface area contributed by atoms with Gasteiger partial charge in [-0.1, -0.05) is 11.6 Å². The summed E-state index contributed by atoms with van der Waals surface area (Å²) in [5.74, 6) is -0.906. The van der Waals surface area contributed by atoms with E-state index < -0.39 is 11.9 Å². The van der Waals surface area contributed by atoms with Crippen LogP contribution >= 0.6 is 11.6 Å². The molecule has 0 fully saturated rings. The van der Waals surface area contributed by atoms with Crippen molar-refractivity contribution in [3.8, 4) is 0 Å². The zero-order valence-corrected chi connectivity index (χ0v) is 11.4. The summed E-state index contributed by atoms with van der Waals surface area (Å²) in [4.78, 5) is 32.0. The predicted octanol–water partition coefficient (Wildman–Crippen LogP) is 0.278. The van der Waals surface area contributed by atoms with Gasteiger partial charge in [-0.25, -0.2) is 4.98 Å². The molecule has 0 radical (unpaired) electrons. The zero-order valence-electron chi connectivity index (χ0n) is 10.6. The van der Waals surface area contributed by atoms with Crippen molar-refractivity contribution in [3.05, 3.63) is 23.2 Å². The Morgan fingerprint density at radius 1 is 1.16 bits per heavy atom. The number of rotatable bonds is 6. The van der Waals surface area contributed by atoms with Crippen molar-refractivity contribution in [1.29, 1.82) is 0 Å². The Kier molecular flexibility index (Phi) is 6.17. The molecule has 104 valence electrons. The van der Waals surface area contributed by atoms with Crippen LogP contribution in [0.2, 0.25) is 5.15 Å². The first-order valence-electron chi connectivity index (χ1n) is 5.37. The molecule has 0 atom stereocenters. The Balaban J connectivity index is 2.69. The smallest absolute Gasteiger partial charge is 0.319 e. The lowest BCUT2D eigenvalue weighted by Gasteiger charge is -2.18. The van der Waals surface area contributed by atoms with Crippen LogP contribution < -0.4 is 0 Å². The Bertz CT molecular complexity index is 420. The summed E-state index contributed by atoms with van der Waals surface area (Å²) in [6, 6.07) is 0. The number of aromatic nitrogens is 2. The van der Waals surface area contributed by atoms with E-state index in [0.29, 0.717) is 5.69 Å². The lowest BCUT2D eigenvalue weighted by molar-refractivity contribution is -0.145. The number of halogens is 1. The van der Waals surface area contributed by atoms with E-state index >= 15 is 0 Å². The zero-order chi connectivity index (χ0) is 14.3. The Morgan fingerprint density at radius 3 is 2.16 bits per heavy atom. The minimum absolute atomic E-state index is 0.0457. The number of carbonyl (C=O) groups is 2. The van der Waals surface area contributed by atoms with Crippen molar-refractivity contribution in [2.45, 2.75) is 6.54 Å². The molecule has 0 aromatic carbocycles. The molecular weight excluding hydrogens is 274 g/mol. The van der Waals surface area contributed by atoms with Gasteiger partial charge in [-0.2, -0.15) is 0 Å². The summed E-state index contributed by atoms with van der Waals surface area (Å²) in [7, 11) is 2.56. The summed E-state index contributed by atoms with van der Waals surface area (Å²) >= 11 is 5.63. The average molecular weight is 288 g/mol. The summed E-state index contributed by atoms with van der Waals surface area (Å²) < 4.78 is 9.13. The molecule has 0 unspecified atom stereocenters. The average Bonchev–Trinajstić information content (AvgIpc) is 2.40. The third-order valence-corrected chi connectivity index (χ3v) is 2.42. The Labute approximate surface area is 115 Å². The first kappa shape index (κ1) is 15.3.